The lowest BCUT2D eigenvalue weighted by molar-refractivity contribution is -0.384. The summed E-state index contributed by atoms with van der Waals surface area (Å²) in [7, 11) is 0. The summed E-state index contributed by atoms with van der Waals surface area (Å²) in [5.74, 6) is 0.0205. The quantitative estimate of drug-likeness (QED) is 0.605. The van der Waals surface area contributed by atoms with Crippen LogP contribution in [0.5, 0.6) is 0 Å². The van der Waals surface area contributed by atoms with Crippen LogP contribution in [-0.2, 0) is 16.0 Å². The number of rotatable bonds is 4. The Morgan fingerprint density at radius 2 is 1.62 bits per heavy atom. The Bertz CT molecular complexity index is 658. The van der Waals surface area contributed by atoms with Crippen molar-refractivity contribution in [3.63, 3.8) is 0 Å². The molecule has 0 radical (unpaired) electrons. The molecule has 142 valence electrons. The van der Waals surface area contributed by atoms with Gasteiger partial charge >= 0.3 is 6.09 Å². The highest BCUT2D eigenvalue weighted by Crippen LogP contribution is 2.15. The molecular formula is C18H25N3O5. The number of carbonyl (C=O) groups excluding carboxylic acids is 2. The van der Waals surface area contributed by atoms with Crippen molar-refractivity contribution < 1.29 is 19.2 Å². The molecule has 1 aliphatic heterocycles. The molecule has 8 nitrogen and oxygen atoms in total. The van der Waals surface area contributed by atoms with E-state index in [-0.39, 0.29) is 17.7 Å². The van der Waals surface area contributed by atoms with Crippen LogP contribution in [0.3, 0.4) is 0 Å². The second-order valence-electron chi connectivity index (χ2n) is 7.27. The number of hydrogen-bond donors (Lipinski definition) is 0. The van der Waals surface area contributed by atoms with E-state index in [0.29, 0.717) is 39.0 Å². The highest BCUT2D eigenvalue weighted by atomic mass is 16.6. The van der Waals surface area contributed by atoms with Crippen molar-refractivity contribution in [3.8, 4) is 0 Å². The summed E-state index contributed by atoms with van der Waals surface area (Å²) >= 11 is 0. The first-order valence-electron chi connectivity index (χ1n) is 8.65. The minimum Gasteiger partial charge on any atom is -0.444 e. The SMILES string of the molecule is CC(C)(C)OC(=O)N1CCN(C(=O)CCc2ccc([N+](=O)[O-])cc2)CC1. The van der Waals surface area contributed by atoms with Crippen LogP contribution in [0.1, 0.15) is 32.8 Å². The molecule has 0 N–H and O–H groups in total. The third-order valence-electron chi connectivity index (χ3n) is 4.06. The van der Waals surface area contributed by atoms with E-state index >= 15 is 0 Å². The lowest BCUT2D eigenvalue weighted by Crippen LogP contribution is -2.51. The zero-order valence-electron chi connectivity index (χ0n) is 15.4. The lowest BCUT2D eigenvalue weighted by atomic mass is 10.1. The van der Waals surface area contributed by atoms with Gasteiger partial charge in [0.15, 0.2) is 0 Å². The van der Waals surface area contributed by atoms with Crippen LogP contribution in [0.15, 0.2) is 24.3 Å². The number of benzene rings is 1. The molecule has 2 amide bonds. The first-order valence-corrected chi connectivity index (χ1v) is 8.65. The van der Waals surface area contributed by atoms with Gasteiger partial charge in [0, 0.05) is 44.7 Å². The van der Waals surface area contributed by atoms with Crippen molar-refractivity contribution in [3.05, 3.63) is 39.9 Å². The Kier molecular flexibility index (Phi) is 6.18. The molecule has 0 unspecified atom stereocenters. The van der Waals surface area contributed by atoms with E-state index in [1.54, 1.807) is 21.9 Å². The van der Waals surface area contributed by atoms with E-state index in [9.17, 15) is 19.7 Å². The molecule has 0 spiro atoms. The highest BCUT2D eigenvalue weighted by molar-refractivity contribution is 5.77. The zero-order chi connectivity index (χ0) is 19.3. The molecule has 2 rings (SSSR count). The Morgan fingerprint density at radius 3 is 2.12 bits per heavy atom. The monoisotopic (exact) mass is 363 g/mol. The van der Waals surface area contributed by atoms with Crippen molar-refractivity contribution >= 4 is 17.7 Å². The molecule has 1 aromatic rings. The Morgan fingerprint density at radius 1 is 1.08 bits per heavy atom. The van der Waals surface area contributed by atoms with Crippen molar-refractivity contribution in [1.82, 2.24) is 9.80 Å². The summed E-state index contributed by atoms with van der Waals surface area (Å²) in [4.78, 5) is 37.9. The molecule has 0 atom stereocenters. The van der Waals surface area contributed by atoms with Crippen LogP contribution in [0.2, 0.25) is 0 Å². The van der Waals surface area contributed by atoms with Crippen molar-refractivity contribution in [2.24, 2.45) is 0 Å². The molecule has 1 saturated heterocycles. The lowest BCUT2D eigenvalue weighted by Gasteiger charge is -2.35. The first kappa shape index (κ1) is 19.7. The number of ether oxygens (including phenoxy) is 1. The number of piperazine rings is 1. The van der Waals surface area contributed by atoms with E-state index in [4.69, 9.17) is 4.74 Å². The molecule has 1 aliphatic rings. The van der Waals surface area contributed by atoms with E-state index in [2.05, 4.69) is 0 Å². The van der Waals surface area contributed by atoms with E-state index in [1.165, 1.54) is 12.1 Å². The predicted molar refractivity (Wildman–Crippen MR) is 95.8 cm³/mol. The minimum atomic E-state index is -0.533. The van der Waals surface area contributed by atoms with Crippen molar-refractivity contribution in [2.45, 2.75) is 39.2 Å². The Labute approximate surface area is 152 Å². The van der Waals surface area contributed by atoms with Gasteiger partial charge in [-0.3, -0.25) is 14.9 Å². The average Bonchev–Trinajstić information content (AvgIpc) is 2.58. The van der Waals surface area contributed by atoms with E-state index in [1.807, 2.05) is 20.8 Å². The number of nitro groups is 1. The number of amides is 2. The van der Waals surface area contributed by atoms with Gasteiger partial charge in [-0.2, -0.15) is 0 Å². The van der Waals surface area contributed by atoms with E-state index < -0.39 is 10.5 Å². The molecule has 0 bridgehead atoms. The summed E-state index contributed by atoms with van der Waals surface area (Å²) in [6.45, 7) is 7.35. The number of carbonyl (C=O) groups is 2. The number of non-ortho nitro benzene ring substituents is 1. The first-order chi connectivity index (χ1) is 12.2. The summed E-state index contributed by atoms with van der Waals surface area (Å²) in [5, 5.41) is 10.6. The molecule has 1 aromatic carbocycles. The average molecular weight is 363 g/mol. The number of nitrogens with zero attached hydrogens (tertiary/aromatic N) is 3. The molecule has 1 fully saturated rings. The van der Waals surface area contributed by atoms with Crippen LogP contribution in [0.25, 0.3) is 0 Å². The van der Waals surface area contributed by atoms with Gasteiger partial charge in [0.25, 0.3) is 5.69 Å². The molecule has 0 saturated carbocycles. The zero-order valence-corrected chi connectivity index (χ0v) is 15.4. The van der Waals surface area contributed by atoms with Crippen LogP contribution >= 0.6 is 0 Å². The number of hydrogen-bond acceptors (Lipinski definition) is 5. The molecule has 26 heavy (non-hydrogen) atoms. The van der Waals surface area contributed by atoms with Gasteiger partial charge in [0.1, 0.15) is 5.60 Å². The molecule has 0 aromatic heterocycles. The number of nitro benzene ring substituents is 1. The van der Waals surface area contributed by atoms with Gasteiger partial charge in [-0.05, 0) is 32.8 Å². The summed E-state index contributed by atoms with van der Waals surface area (Å²) < 4.78 is 5.34. The highest BCUT2D eigenvalue weighted by Gasteiger charge is 2.27. The van der Waals surface area contributed by atoms with Crippen LogP contribution in [-0.4, -0.2) is 58.5 Å². The topological polar surface area (TPSA) is 93.0 Å². The minimum absolute atomic E-state index is 0.0205. The largest absolute Gasteiger partial charge is 0.444 e. The summed E-state index contributed by atoms with van der Waals surface area (Å²) in [5.41, 5.74) is 0.393. The fourth-order valence-electron chi connectivity index (χ4n) is 2.66. The molecular weight excluding hydrogens is 338 g/mol. The standard InChI is InChI=1S/C18H25N3O5/c1-18(2,3)26-17(23)20-12-10-19(11-13-20)16(22)9-6-14-4-7-15(8-5-14)21(24)25/h4-5,7-8H,6,9-13H2,1-3H3. The summed E-state index contributed by atoms with van der Waals surface area (Å²) in [6, 6.07) is 6.23. The Hall–Kier alpha value is -2.64. The van der Waals surface area contributed by atoms with E-state index in [0.717, 1.165) is 5.56 Å². The maximum atomic E-state index is 12.3. The Balaban J connectivity index is 1.77. The van der Waals surface area contributed by atoms with Gasteiger partial charge < -0.3 is 14.5 Å². The van der Waals surface area contributed by atoms with Gasteiger partial charge in [-0.25, -0.2) is 4.79 Å². The maximum absolute atomic E-state index is 12.3. The second-order valence-corrected chi connectivity index (χ2v) is 7.27. The normalized spacial score (nSPS) is 14.9. The number of aryl methyl sites for hydroxylation is 1. The van der Waals surface area contributed by atoms with Crippen LogP contribution in [0.4, 0.5) is 10.5 Å². The van der Waals surface area contributed by atoms with Crippen molar-refractivity contribution in [1.29, 1.82) is 0 Å². The van der Waals surface area contributed by atoms with Gasteiger partial charge in [-0.15, -0.1) is 0 Å². The smallest absolute Gasteiger partial charge is 0.410 e. The van der Waals surface area contributed by atoms with Crippen LogP contribution in [0, 0.1) is 10.1 Å². The van der Waals surface area contributed by atoms with Crippen LogP contribution < -0.4 is 0 Å². The third-order valence-corrected chi connectivity index (χ3v) is 4.06. The fraction of sp³-hybridized carbons (Fsp3) is 0.556. The second kappa shape index (κ2) is 8.16. The van der Waals surface area contributed by atoms with Crippen molar-refractivity contribution in [2.75, 3.05) is 26.2 Å². The fourth-order valence-corrected chi connectivity index (χ4v) is 2.66. The molecule has 1 heterocycles. The predicted octanol–water partition coefficient (Wildman–Crippen LogP) is 2.61. The third kappa shape index (κ3) is 5.72. The van der Waals surface area contributed by atoms with Gasteiger partial charge in [0.05, 0.1) is 4.92 Å². The summed E-state index contributed by atoms with van der Waals surface area (Å²) in [6.07, 6.45) is 0.517. The maximum Gasteiger partial charge on any atom is 0.410 e. The molecule has 8 heteroatoms. The van der Waals surface area contributed by atoms with Gasteiger partial charge in [-0.1, -0.05) is 12.1 Å². The molecule has 0 aliphatic carbocycles. The van der Waals surface area contributed by atoms with Gasteiger partial charge in [0.2, 0.25) is 5.91 Å².